The fraction of sp³-hybridized carbons (Fsp3) is 0.0667. The van der Waals surface area contributed by atoms with Crippen molar-refractivity contribution in [1.29, 1.82) is 0 Å². The minimum atomic E-state index is -0.115. The summed E-state index contributed by atoms with van der Waals surface area (Å²) in [6, 6.07) is 54.5. The molecule has 9 aromatic rings. The van der Waals surface area contributed by atoms with Gasteiger partial charge in [0.2, 0.25) is 0 Å². The van der Waals surface area contributed by atoms with Crippen molar-refractivity contribution in [1.82, 2.24) is 0 Å². The molecule has 0 saturated carbocycles. The zero-order valence-corrected chi connectivity index (χ0v) is 26.6. The Balaban J connectivity index is 1.25. The zero-order chi connectivity index (χ0) is 30.6. The van der Waals surface area contributed by atoms with Crippen molar-refractivity contribution in [3.8, 4) is 33.4 Å². The van der Waals surface area contributed by atoms with Gasteiger partial charge >= 0.3 is 0 Å². The van der Waals surface area contributed by atoms with Crippen molar-refractivity contribution in [2.75, 3.05) is 0 Å². The fourth-order valence-corrected chi connectivity index (χ4v) is 9.43. The number of hydrogen-bond acceptors (Lipinski definition) is 1. The molecular formula is C45H30S. The smallest absolute Gasteiger partial charge is 0.0361 e. The van der Waals surface area contributed by atoms with Crippen LogP contribution in [0.3, 0.4) is 0 Å². The first-order valence-electron chi connectivity index (χ1n) is 16.1. The van der Waals surface area contributed by atoms with Gasteiger partial charge in [-0.3, -0.25) is 0 Å². The van der Waals surface area contributed by atoms with Crippen molar-refractivity contribution in [2.45, 2.75) is 19.3 Å². The molecule has 1 heterocycles. The van der Waals surface area contributed by atoms with Gasteiger partial charge in [-0.15, -0.1) is 11.3 Å². The number of thiophene rings is 1. The first-order valence-corrected chi connectivity index (χ1v) is 16.9. The maximum atomic E-state index is 2.50. The first kappa shape index (κ1) is 26.0. The standard InChI is InChI=1S/C45H30S/c1-45(2)38-23-21-28-25-41-37(30-14-10-11-19-40(30)46-41)26-36(28)44(38)35-22-20-29(24-39(35)45)43-33-17-8-6-15-31(33)42(27-12-4-3-5-13-27)32-16-7-9-18-34(32)43/h3-26H,1-2H3. The summed E-state index contributed by atoms with van der Waals surface area (Å²) < 4.78 is 2.71. The van der Waals surface area contributed by atoms with E-state index in [2.05, 4.69) is 159 Å². The van der Waals surface area contributed by atoms with Crippen molar-refractivity contribution >= 4 is 63.8 Å². The van der Waals surface area contributed by atoms with Crippen LogP contribution in [-0.4, -0.2) is 0 Å². The molecule has 216 valence electrons. The van der Waals surface area contributed by atoms with E-state index in [1.54, 1.807) is 0 Å². The summed E-state index contributed by atoms with van der Waals surface area (Å²) in [4.78, 5) is 0. The summed E-state index contributed by atoms with van der Waals surface area (Å²) in [5.74, 6) is 0. The topological polar surface area (TPSA) is 0 Å². The minimum absolute atomic E-state index is 0.115. The molecular weight excluding hydrogens is 573 g/mol. The molecule has 0 fully saturated rings. The van der Waals surface area contributed by atoms with Gasteiger partial charge in [-0.2, -0.15) is 0 Å². The maximum Gasteiger partial charge on any atom is 0.0361 e. The molecule has 0 N–H and O–H groups in total. The van der Waals surface area contributed by atoms with E-state index in [0.29, 0.717) is 0 Å². The summed E-state index contributed by atoms with van der Waals surface area (Å²) in [6.45, 7) is 4.81. The van der Waals surface area contributed by atoms with Gasteiger partial charge in [0.1, 0.15) is 0 Å². The molecule has 0 radical (unpaired) electrons. The molecule has 0 nitrogen and oxygen atoms in total. The Morgan fingerprint density at radius 2 is 1.00 bits per heavy atom. The van der Waals surface area contributed by atoms with Gasteiger partial charge in [0, 0.05) is 25.6 Å². The van der Waals surface area contributed by atoms with E-state index >= 15 is 0 Å². The largest absolute Gasteiger partial charge is 0.135 e. The SMILES string of the molecule is CC1(C)c2cc(-c3c4ccccc4c(-c4ccccc4)c4ccccc34)ccc2-c2c1ccc1cc3sc4ccccc4c3cc21. The van der Waals surface area contributed by atoms with Crippen LogP contribution in [0.4, 0.5) is 0 Å². The molecule has 46 heavy (non-hydrogen) atoms. The van der Waals surface area contributed by atoms with Gasteiger partial charge in [-0.25, -0.2) is 0 Å². The lowest BCUT2D eigenvalue weighted by Gasteiger charge is -2.23. The molecule has 8 aromatic carbocycles. The molecule has 1 heteroatoms. The van der Waals surface area contributed by atoms with Crippen LogP contribution in [0.25, 0.3) is 85.9 Å². The highest BCUT2D eigenvalue weighted by molar-refractivity contribution is 7.25. The number of rotatable bonds is 2. The van der Waals surface area contributed by atoms with Crippen LogP contribution < -0.4 is 0 Å². The summed E-state index contributed by atoms with van der Waals surface area (Å²) in [6.07, 6.45) is 0. The molecule has 0 amide bonds. The summed E-state index contributed by atoms with van der Waals surface area (Å²) in [7, 11) is 0. The molecule has 0 spiro atoms. The summed E-state index contributed by atoms with van der Waals surface area (Å²) in [5.41, 5.74) is 10.6. The average molecular weight is 603 g/mol. The third-order valence-electron chi connectivity index (χ3n) is 10.4. The van der Waals surface area contributed by atoms with Gasteiger partial charge in [0.05, 0.1) is 0 Å². The Bertz CT molecular complexity index is 2650. The van der Waals surface area contributed by atoms with Crippen LogP contribution in [0.15, 0.2) is 146 Å². The zero-order valence-electron chi connectivity index (χ0n) is 25.8. The van der Waals surface area contributed by atoms with Gasteiger partial charge in [-0.05, 0) is 101 Å². The Labute approximate surface area is 272 Å². The normalized spacial score (nSPS) is 13.6. The Hall–Kier alpha value is -5.24. The number of fused-ring (bicyclic) bond motifs is 10. The molecule has 1 aromatic heterocycles. The first-order chi connectivity index (χ1) is 22.6. The van der Waals surface area contributed by atoms with Crippen LogP contribution in [0.1, 0.15) is 25.0 Å². The van der Waals surface area contributed by atoms with Gasteiger partial charge < -0.3 is 0 Å². The molecule has 1 aliphatic rings. The van der Waals surface area contributed by atoms with Gasteiger partial charge in [-0.1, -0.05) is 135 Å². The highest BCUT2D eigenvalue weighted by Crippen LogP contribution is 2.54. The molecule has 0 atom stereocenters. The van der Waals surface area contributed by atoms with Crippen LogP contribution >= 0.6 is 11.3 Å². The lowest BCUT2D eigenvalue weighted by Crippen LogP contribution is -2.15. The third kappa shape index (κ3) is 3.49. The molecule has 0 unspecified atom stereocenters. The quantitative estimate of drug-likeness (QED) is 0.173. The number of hydrogen-bond donors (Lipinski definition) is 0. The molecule has 0 aliphatic heterocycles. The van der Waals surface area contributed by atoms with E-state index in [4.69, 9.17) is 0 Å². The van der Waals surface area contributed by atoms with Crippen molar-refractivity contribution in [3.05, 3.63) is 157 Å². The lowest BCUT2D eigenvalue weighted by atomic mass is 9.80. The van der Waals surface area contributed by atoms with E-state index in [9.17, 15) is 0 Å². The van der Waals surface area contributed by atoms with Gasteiger partial charge in [0.25, 0.3) is 0 Å². The van der Waals surface area contributed by atoms with E-state index in [1.165, 1.54) is 97.0 Å². The fourth-order valence-electron chi connectivity index (χ4n) is 8.29. The predicted molar refractivity (Wildman–Crippen MR) is 200 cm³/mol. The molecule has 1 aliphatic carbocycles. The highest BCUT2D eigenvalue weighted by Gasteiger charge is 2.37. The molecule has 0 bridgehead atoms. The molecule has 10 rings (SSSR count). The van der Waals surface area contributed by atoms with E-state index in [0.717, 1.165) is 0 Å². The van der Waals surface area contributed by atoms with E-state index in [-0.39, 0.29) is 5.41 Å². The second kappa shape index (κ2) is 9.39. The van der Waals surface area contributed by atoms with E-state index in [1.807, 2.05) is 11.3 Å². The average Bonchev–Trinajstić information content (AvgIpc) is 3.57. The highest BCUT2D eigenvalue weighted by atomic mass is 32.1. The summed E-state index contributed by atoms with van der Waals surface area (Å²) >= 11 is 1.90. The Morgan fingerprint density at radius 3 is 1.70 bits per heavy atom. The van der Waals surface area contributed by atoms with Crippen LogP contribution in [0.2, 0.25) is 0 Å². The Kier molecular flexibility index (Phi) is 5.31. The van der Waals surface area contributed by atoms with Gasteiger partial charge in [0.15, 0.2) is 0 Å². The third-order valence-corrected chi connectivity index (χ3v) is 11.6. The molecule has 0 saturated heterocycles. The lowest BCUT2D eigenvalue weighted by molar-refractivity contribution is 0.661. The van der Waals surface area contributed by atoms with Crippen LogP contribution in [0.5, 0.6) is 0 Å². The summed E-state index contributed by atoms with van der Waals surface area (Å²) in [5, 5.41) is 10.6. The number of benzene rings is 8. The van der Waals surface area contributed by atoms with Crippen molar-refractivity contribution in [3.63, 3.8) is 0 Å². The minimum Gasteiger partial charge on any atom is -0.135 e. The van der Waals surface area contributed by atoms with E-state index < -0.39 is 0 Å². The van der Waals surface area contributed by atoms with Crippen molar-refractivity contribution in [2.24, 2.45) is 0 Å². The second-order valence-corrected chi connectivity index (χ2v) is 14.3. The Morgan fingerprint density at radius 1 is 0.391 bits per heavy atom. The van der Waals surface area contributed by atoms with Crippen molar-refractivity contribution < 1.29 is 0 Å². The van der Waals surface area contributed by atoms with Crippen LogP contribution in [0, 0.1) is 0 Å². The monoisotopic (exact) mass is 602 g/mol. The maximum absolute atomic E-state index is 2.50. The van der Waals surface area contributed by atoms with Crippen LogP contribution in [-0.2, 0) is 5.41 Å². The predicted octanol–water partition coefficient (Wildman–Crippen LogP) is 13.2. The second-order valence-electron chi connectivity index (χ2n) is 13.2.